The van der Waals surface area contributed by atoms with Crippen molar-refractivity contribution in [2.24, 2.45) is 0 Å². The zero-order valence-electron chi connectivity index (χ0n) is 18.2. The first-order valence-electron chi connectivity index (χ1n) is 10.5. The molecule has 1 aliphatic rings. The molecule has 5 rings (SSSR count). The van der Waals surface area contributed by atoms with Crippen molar-refractivity contribution < 1.29 is 18.1 Å². The number of ether oxygens (including phenoxy) is 1. The number of aromatic nitrogens is 4. The Hall–Kier alpha value is -3.08. The van der Waals surface area contributed by atoms with Crippen molar-refractivity contribution in [3.8, 4) is 17.1 Å². The molecule has 0 atom stereocenters. The third kappa shape index (κ3) is 3.31. The van der Waals surface area contributed by atoms with Gasteiger partial charge in [0.05, 0.1) is 56.5 Å². The molecule has 2 aromatic heterocycles. The topological polar surface area (TPSA) is 94.1 Å². The molecule has 0 amide bonds. The van der Waals surface area contributed by atoms with Gasteiger partial charge in [0.1, 0.15) is 5.75 Å². The highest BCUT2D eigenvalue weighted by molar-refractivity contribution is 7.89. The maximum Gasteiger partial charge on any atom is 0.243 e. The molecule has 1 saturated heterocycles. The molecule has 1 aliphatic heterocycles. The number of nitrogens with zero attached hydrogens (tertiary/aromatic N) is 5. The van der Waals surface area contributed by atoms with Gasteiger partial charge in [-0.1, -0.05) is 24.3 Å². The number of fused-ring (bicyclic) bond motifs is 3. The van der Waals surface area contributed by atoms with E-state index in [1.807, 2.05) is 31.2 Å². The average molecular weight is 454 g/mol. The number of likely N-dealkylation sites (N-methyl/N-ethyl adjacent to an activating group) is 1. The van der Waals surface area contributed by atoms with Gasteiger partial charge in [-0.3, -0.25) is 0 Å². The lowest BCUT2D eigenvalue weighted by molar-refractivity contribution is -0.883. The number of piperazine rings is 1. The molecular weight excluding hydrogens is 428 g/mol. The largest absolute Gasteiger partial charge is 0.496 e. The van der Waals surface area contributed by atoms with E-state index in [9.17, 15) is 8.42 Å². The molecule has 10 heteroatoms. The fourth-order valence-electron chi connectivity index (χ4n) is 4.19. The van der Waals surface area contributed by atoms with Crippen molar-refractivity contribution >= 4 is 26.4 Å². The molecule has 0 aliphatic carbocycles. The Morgan fingerprint density at radius 2 is 1.75 bits per heavy atom. The fraction of sp³-hybridized carbons (Fsp3) is 0.318. The normalized spacial score (nSPS) is 16.1. The number of nitrogens with one attached hydrogen (secondary N) is 1. The predicted molar refractivity (Wildman–Crippen MR) is 120 cm³/mol. The third-order valence-electron chi connectivity index (χ3n) is 6.07. The van der Waals surface area contributed by atoms with Crippen LogP contribution in [0, 0.1) is 6.92 Å². The van der Waals surface area contributed by atoms with E-state index in [4.69, 9.17) is 4.74 Å². The van der Waals surface area contributed by atoms with Crippen LogP contribution >= 0.6 is 0 Å². The van der Waals surface area contributed by atoms with Crippen molar-refractivity contribution in [3.63, 3.8) is 0 Å². The summed E-state index contributed by atoms with van der Waals surface area (Å²) in [4.78, 5) is 1.54. The molecule has 32 heavy (non-hydrogen) atoms. The second kappa shape index (κ2) is 7.80. The number of rotatable bonds is 4. The quantitative estimate of drug-likeness (QED) is 0.491. The summed E-state index contributed by atoms with van der Waals surface area (Å²) in [7, 11) is -0.0104. The van der Waals surface area contributed by atoms with E-state index in [0.717, 1.165) is 29.6 Å². The molecule has 166 valence electrons. The molecule has 9 nitrogen and oxygen atoms in total. The number of quaternary nitrogens is 1. The van der Waals surface area contributed by atoms with Crippen molar-refractivity contribution in [2.75, 3.05) is 40.3 Å². The molecule has 3 heterocycles. The SMILES string of the molecule is COc1ccc(S(=O)(=O)N2CC[NH+](C)CC2)cc1-c1nnc2c3ccccc3c(C)nn12. The second-order valence-electron chi connectivity index (χ2n) is 8.11. The Morgan fingerprint density at radius 1 is 1.03 bits per heavy atom. The second-order valence-corrected chi connectivity index (χ2v) is 10.1. The highest BCUT2D eigenvalue weighted by Crippen LogP contribution is 2.33. The van der Waals surface area contributed by atoms with Crippen LogP contribution in [0.3, 0.4) is 0 Å². The maximum atomic E-state index is 13.3. The fourth-order valence-corrected chi connectivity index (χ4v) is 5.66. The molecule has 0 spiro atoms. The van der Waals surface area contributed by atoms with E-state index < -0.39 is 10.0 Å². The van der Waals surface area contributed by atoms with Crippen molar-refractivity contribution in [1.29, 1.82) is 0 Å². The van der Waals surface area contributed by atoms with E-state index in [1.165, 1.54) is 4.90 Å². The van der Waals surface area contributed by atoms with E-state index in [1.54, 1.807) is 34.1 Å². The summed E-state index contributed by atoms with van der Waals surface area (Å²) in [5, 5.41) is 15.3. The number of hydrogen-bond acceptors (Lipinski definition) is 6. The Labute approximate surface area is 186 Å². The monoisotopic (exact) mass is 453 g/mol. The van der Waals surface area contributed by atoms with Gasteiger partial charge in [0, 0.05) is 10.8 Å². The predicted octanol–water partition coefficient (Wildman–Crippen LogP) is 0.781. The number of aryl methyl sites for hydroxylation is 1. The molecule has 0 unspecified atom stereocenters. The number of sulfonamides is 1. The minimum atomic E-state index is -3.63. The first-order valence-corrected chi connectivity index (χ1v) is 11.9. The lowest BCUT2D eigenvalue weighted by Crippen LogP contribution is -3.12. The van der Waals surface area contributed by atoms with Crippen molar-refractivity contribution in [2.45, 2.75) is 11.8 Å². The molecule has 1 fully saturated rings. The summed E-state index contributed by atoms with van der Waals surface area (Å²) in [6, 6.07) is 12.7. The number of methoxy groups -OCH3 is 1. The standard InChI is InChI=1S/C22H24N6O3S/c1-15-17-6-4-5-7-18(17)21-23-24-22(28(21)25-15)19-14-16(8-9-20(19)31-3)32(29,30)27-12-10-26(2)11-13-27/h4-9,14H,10-13H2,1-3H3/p+1. The van der Waals surface area contributed by atoms with Crippen LogP contribution in [0.4, 0.5) is 0 Å². The van der Waals surface area contributed by atoms with Crippen LogP contribution in [0.15, 0.2) is 47.4 Å². The molecule has 2 aromatic carbocycles. The van der Waals surface area contributed by atoms with Gasteiger partial charge in [0.25, 0.3) is 0 Å². The van der Waals surface area contributed by atoms with Crippen molar-refractivity contribution in [3.05, 3.63) is 48.2 Å². The van der Waals surface area contributed by atoms with Gasteiger partial charge in [-0.25, -0.2) is 8.42 Å². The van der Waals surface area contributed by atoms with E-state index in [-0.39, 0.29) is 4.90 Å². The van der Waals surface area contributed by atoms with Gasteiger partial charge in [-0.05, 0) is 25.1 Å². The highest BCUT2D eigenvalue weighted by Gasteiger charge is 2.30. The zero-order chi connectivity index (χ0) is 22.5. The average Bonchev–Trinajstić information content (AvgIpc) is 3.23. The van der Waals surface area contributed by atoms with Crippen LogP contribution in [0.25, 0.3) is 27.8 Å². The Bertz CT molecular complexity index is 1420. The van der Waals surface area contributed by atoms with E-state index in [2.05, 4.69) is 22.3 Å². The first-order chi connectivity index (χ1) is 15.4. The Morgan fingerprint density at radius 3 is 2.47 bits per heavy atom. The molecule has 0 radical (unpaired) electrons. The summed E-state index contributed by atoms with van der Waals surface area (Å²) >= 11 is 0. The van der Waals surface area contributed by atoms with Gasteiger partial charge in [0.2, 0.25) is 10.0 Å². The van der Waals surface area contributed by atoms with Crippen LogP contribution in [0.2, 0.25) is 0 Å². The van der Waals surface area contributed by atoms with Crippen LogP contribution < -0.4 is 9.64 Å². The van der Waals surface area contributed by atoms with Crippen LogP contribution in [-0.4, -0.2) is 72.9 Å². The van der Waals surface area contributed by atoms with E-state index in [0.29, 0.717) is 35.9 Å². The summed E-state index contributed by atoms with van der Waals surface area (Å²) in [5.74, 6) is 0.944. The zero-order valence-corrected chi connectivity index (χ0v) is 19.1. The minimum Gasteiger partial charge on any atom is -0.496 e. The Kier molecular flexibility index (Phi) is 5.07. The summed E-state index contributed by atoms with van der Waals surface area (Å²) < 4.78 is 35.4. The third-order valence-corrected chi connectivity index (χ3v) is 7.97. The highest BCUT2D eigenvalue weighted by atomic mass is 32.2. The lowest BCUT2D eigenvalue weighted by Gasteiger charge is -2.29. The van der Waals surface area contributed by atoms with Gasteiger partial charge in [-0.15, -0.1) is 10.2 Å². The molecular formula is C22H25N6O3S+. The summed E-state index contributed by atoms with van der Waals surface area (Å²) in [5.41, 5.74) is 1.97. The minimum absolute atomic E-state index is 0.210. The lowest BCUT2D eigenvalue weighted by atomic mass is 10.1. The molecule has 4 aromatic rings. The van der Waals surface area contributed by atoms with Crippen molar-refractivity contribution in [1.82, 2.24) is 24.1 Å². The van der Waals surface area contributed by atoms with Crippen LogP contribution in [-0.2, 0) is 10.0 Å². The first kappa shape index (κ1) is 20.8. The molecule has 1 N–H and O–H groups in total. The number of benzene rings is 2. The smallest absolute Gasteiger partial charge is 0.243 e. The summed E-state index contributed by atoms with van der Waals surface area (Å²) in [6.07, 6.45) is 0. The summed E-state index contributed by atoms with van der Waals surface area (Å²) in [6.45, 7) is 4.49. The molecule has 0 bridgehead atoms. The number of hydrogen-bond donors (Lipinski definition) is 1. The van der Waals surface area contributed by atoms with Gasteiger partial charge < -0.3 is 9.64 Å². The van der Waals surface area contributed by atoms with Crippen LogP contribution in [0.1, 0.15) is 5.69 Å². The maximum absolute atomic E-state index is 13.3. The Balaban J connectivity index is 1.66. The van der Waals surface area contributed by atoms with Gasteiger partial charge in [-0.2, -0.15) is 13.9 Å². The molecule has 0 saturated carbocycles. The van der Waals surface area contributed by atoms with E-state index >= 15 is 0 Å². The van der Waals surface area contributed by atoms with Crippen LogP contribution in [0.5, 0.6) is 5.75 Å². The van der Waals surface area contributed by atoms with Gasteiger partial charge in [0.15, 0.2) is 11.5 Å². The van der Waals surface area contributed by atoms with Gasteiger partial charge >= 0.3 is 0 Å².